The normalized spacial score (nSPS) is 19.9. The molecule has 0 bridgehead atoms. The first-order chi connectivity index (χ1) is 8.96. The fourth-order valence-electron chi connectivity index (χ4n) is 2.65. The lowest BCUT2D eigenvalue weighted by atomic mass is 9.88. The Bertz CT molecular complexity index is 486. The van der Waals surface area contributed by atoms with Crippen molar-refractivity contribution >= 4 is 29.2 Å². The van der Waals surface area contributed by atoms with Crippen LogP contribution in [0, 0.1) is 0 Å². The van der Waals surface area contributed by atoms with Gasteiger partial charge in [0.1, 0.15) is 5.54 Å². The lowest BCUT2D eigenvalue weighted by Crippen LogP contribution is -2.52. The first-order valence-electron chi connectivity index (χ1n) is 6.40. The summed E-state index contributed by atoms with van der Waals surface area (Å²) >= 11 is 12.1. The van der Waals surface area contributed by atoms with Crippen LogP contribution in [-0.2, 0) is 10.3 Å². The SMILES string of the molecule is CC(C(=O)O)(c1ccc(Cl)cc1Cl)N1CCCCC1. The summed E-state index contributed by atoms with van der Waals surface area (Å²) < 4.78 is 0. The Morgan fingerprint density at radius 1 is 1.26 bits per heavy atom. The second-order valence-corrected chi connectivity index (χ2v) is 5.89. The van der Waals surface area contributed by atoms with E-state index in [0.717, 1.165) is 32.4 Å². The average Bonchev–Trinajstić information content (AvgIpc) is 2.38. The van der Waals surface area contributed by atoms with Crippen molar-refractivity contribution in [2.75, 3.05) is 13.1 Å². The van der Waals surface area contributed by atoms with Crippen molar-refractivity contribution in [3.05, 3.63) is 33.8 Å². The zero-order valence-electron chi connectivity index (χ0n) is 10.8. The largest absolute Gasteiger partial charge is 0.480 e. The van der Waals surface area contributed by atoms with Gasteiger partial charge in [-0.05, 0) is 45.0 Å². The molecule has 1 aliphatic heterocycles. The van der Waals surface area contributed by atoms with E-state index in [1.54, 1.807) is 25.1 Å². The molecule has 1 fully saturated rings. The maximum absolute atomic E-state index is 11.8. The number of likely N-dealkylation sites (tertiary alicyclic amines) is 1. The van der Waals surface area contributed by atoms with E-state index in [2.05, 4.69) is 0 Å². The third-order valence-corrected chi connectivity index (χ3v) is 4.41. The van der Waals surface area contributed by atoms with Crippen LogP contribution in [0.15, 0.2) is 18.2 Å². The highest BCUT2D eigenvalue weighted by molar-refractivity contribution is 6.35. The number of piperidine rings is 1. The van der Waals surface area contributed by atoms with E-state index in [9.17, 15) is 9.90 Å². The molecule has 104 valence electrons. The molecule has 19 heavy (non-hydrogen) atoms. The second kappa shape index (κ2) is 5.70. The van der Waals surface area contributed by atoms with E-state index in [1.807, 2.05) is 4.90 Å². The minimum absolute atomic E-state index is 0.406. The average molecular weight is 302 g/mol. The van der Waals surface area contributed by atoms with Gasteiger partial charge in [-0.3, -0.25) is 4.90 Å². The molecule has 1 saturated heterocycles. The fourth-order valence-corrected chi connectivity index (χ4v) is 3.24. The molecule has 0 aliphatic carbocycles. The summed E-state index contributed by atoms with van der Waals surface area (Å²) in [5, 5.41) is 10.6. The highest BCUT2D eigenvalue weighted by Crippen LogP contribution is 2.36. The molecule has 1 N–H and O–H groups in total. The Balaban J connectivity index is 2.46. The molecule has 0 spiro atoms. The molecule has 1 atom stereocenters. The summed E-state index contributed by atoms with van der Waals surface area (Å²) in [5.41, 5.74) is -0.491. The van der Waals surface area contributed by atoms with Crippen LogP contribution in [0.3, 0.4) is 0 Å². The standard InChI is InChI=1S/C14H17Cl2NO2/c1-14(13(18)19,17-7-3-2-4-8-17)11-6-5-10(15)9-12(11)16/h5-6,9H,2-4,7-8H2,1H3,(H,18,19). The number of hydrogen-bond donors (Lipinski definition) is 1. The number of aliphatic carboxylic acids is 1. The molecule has 0 amide bonds. The van der Waals surface area contributed by atoms with Gasteiger partial charge in [-0.25, -0.2) is 4.79 Å². The van der Waals surface area contributed by atoms with Crippen LogP contribution in [-0.4, -0.2) is 29.1 Å². The van der Waals surface area contributed by atoms with E-state index < -0.39 is 11.5 Å². The maximum Gasteiger partial charge on any atom is 0.328 e. The van der Waals surface area contributed by atoms with E-state index in [-0.39, 0.29) is 0 Å². The van der Waals surface area contributed by atoms with Crippen molar-refractivity contribution in [2.24, 2.45) is 0 Å². The molecule has 5 heteroatoms. The van der Waals surface area contributed by atoms with Crippen molar-refractivity contribution in [3.63, 3.8) is 0 Å². The summed E-state index contributed by atoms with van der Waals surface area (Å²) in [5.74, 6) is -0.876. The van der Waals surface area contributed by atoms with Crippen LogP contribution in [0.4, 0.5) is 0 Å². The highest BCUT2D eigenvalue weighted by Gasteiger charge is 2.43. The number of carbonyl (C=O) groups is 1. The first kappa shape index (κ1) is 14.6. The van der Waals surface area contributed by atoms with E-state index >= 15 is 0 Å². The zero-order chi connectivity index (χ0) is 14.0. The van der Waals surface area contributed by atoms with Crippen LogP contribution in [0.2, 0.25) is 10.0 Å². The molecule has 1 heterocycles. The molecule has 1 unspecified atom stereocenters. The summed E-state index contributed by atoms with van der Waals surface area (Å²) in [4.78, 5) is 13.8. The molecular formula is C14H17Cl2NO2. The summed E-state index contributed by atoms with van der Waals surface area (Å²) in [7, 11) is 0. The minimum atomic E-state index is -1.10. The Hall–Kier alpha value is -0.770. The van der Waals surface area contributed by atoms with E-state index in [1.165, 1.54) is 0 Å². The van der Waals surface area contributed by atoms with Gasteiger partial charge in [-0.1, -0.05) is 35.7 Å². The molecular weight excluding hydrogens is 285 g/mol. The third kappa shape index (κ3) is 2.73. The van der Waals surface area contributed by atoms with E-state index in [4.69, 9.17) is 23.2 Å². The van der Waals surface area contributed by atoms with Crippen molar-refractivity contribution in [1.82, 2.24) is 4.90 Å². The maximum atomic E-state index is 11.8. The quantitative estimate of drug-likeness (QED) is 0.923. The van der Waals surface area contributed by atoms with Gasteiger partial charge in [-0.2, -0.15) is 0 Å². The van der Waals surface area contributed by atoms with Gasteiger partial charge in [0.2, 0.25) is 0 Å². The summed E-state index contributed by atoms with van der Waals surface area (Å²) in [6, 6.07) is 5.00. The number of rotatable bonds is 3. The number of halogens is 2. The first-order valence-corrected chi connectivity index (χ1v) is 7.16. The Morgan fingerprint density at radius 2 is 1.89 bits per heavy atom. The Kier molecular flexibility index (Phi) is 4.39. The molecule has 0 saturated carbocycles. The lowest BCUT2D eigenvalue weighted by molar-refractivity contribution is -0.152. The number of nitrogens with zero attached hydrogens (tertiary/aromatic N) is 1. The molecule has 1 aromatic carbocycles. The Morgan fingerprint density at radius 3 is 2.42 bits per heavy atom. The van der Waals surface area contributed by atoms with E-state index in [0.29, 0.717) is 15.6 Å². The van der Waals surface area contributed by atoms with Gasteiger partial charge in [0, 0.05) is 15.6 Å². The van der Waals surface area contributed by atoms with Crippen molar-refractivity contribution in [2.45, 2.75) is 31.7 Å². The smallest absolute Gasteiger partial charge is 0.328 e. The van der Waals surface area contributed by atoms with Gasteiger partial charge < -0.3 is 5.11 Å². The molecule has 1 aliphatic rings. The lowest BCUT2D eigenvalue weighted by Gasteiger charge is -2.41. The predicted molar refractivity (Wildman–Crippen MR) is 76.9 cm³/mol. The monoisotopic (exact) mass is 301 g/mol. The second-order valence-electron chi connectivity index (χ2n) is 5.05. The summed E-state index contributed by atoms with van der Waals surface area (Å²) in [6.45, 7) is 3.28. The zero-order valence-corrected chi connectivity index (χ0v) is 12.3. The van der Waals surface area contributed by atoms with Crippen LogP contribution in [0.5, 0.6) is 0 Å². The molecule has 0 aromatic heterocycles. The van der Waals surface area contributed by atoms with Crippen molar-refractivity contribution in [3.8, 4) is 0 Å². The molecule has 3 nitrogen and oxygen atoms in total. The number of carboxylic acid groups (broad SMARTS) is 1. The minimum Gasteiger partial charge on any atom is -0.480 e. The van der Waals surface area contributed by atoms with Gasteiger partial charge in [0.25, 0.3) is 0 Å². The number of benzene rings is 1. The topological polar surface area (TPSA) is 40.5 Å². The van der Waals surface area contributed by atoms with Crippen molar-refractivity contribution in [1.29, 1.82) is 0 Å². The van der Waals surface area contributed by atoms with Gasteiger partial charge in [-0.15, -0.1) is 0 Å². The van der Waals surface area contributed by atoms with Gasteiger partial charge in [0.05, 0.1) is 0 Å². The molecule has 0 radical (unpaired) electrons. The van der Waals surface area contributed by atoms with Crippen molar-refractivity contribution < 1.29 is 9.90 Å². The van der Waals surface area contributed by atoms with Crippen LogP contribution >= 0.6 is 23.2 Å². The van der Waals surface area contributed by atoms with Crippen LogP contribution in [0.1, 0.15) is 31.7 Å². The summed E-state index contributed by atoms with van der Waals surface area (Å²) in [6.07, 6.45) is 3.20. The van der Waals surface area contributed by atoms with Crippen LogP contribution < -0.4 is 0 Å². The molecule has 1 aromatic rings. The third-order valence-electron chi connectivity index (χ3n) is 3.86. The van der Waals surface area contributed by atoms with Gasteiger partial charge in [0.15, 0.2) is 0 Å². The van der Waals surface area contributed by atoms with Gasteiger partial charge >= 0.3 is 5.97 Å². The highest BCUT2D eigenvalue weighted by atomic mass is 35.5. The Labute approximate surface area is 123 Å². The predicted octanol–water partition coefficient (Wildman–Crippen LogP) is 3.78. The van der Waals surface area contributed by atoms with Crippen LogP contribution in [0.25, 0.3) is 0 Å². The fraction of sp³-hybridized carbons (Fsp3) is 0.500. The number of hydrogen-bond acceptors (Lipinski definition) is 2. The molecule has 2 rings (SSSR count). The number of carboxylic acids is 1.